The summed E-state index contributed by atoms with van der Waals surface area (Å²) >= 11 is 1.59. The number of carbonyl (C=O) groups excluding carboxylic acids is 1. The summed E-state index contributed by atoms with van der Waals surface area (Å²) < 4.78 is 0. The molecule has 0 fully saturated rings. The maximum atomic E-state index is 11.2. The number of nitrogens with zero attached hydrogens (tertiary/aromatic N) is 2. The van der Waals surface area contributed by atoms with Gasteiger partial charge in [0.1, 0.15) is 6.33 Å². The Balaban J connectivity index is 1.89. The molecule has 6 heteroatoms. The highest BCUT2D eigenvalue weighted by molar-refractivity contribution is 7.98. The van der Waals surface area contributed by atoms with E-state index in [1.165, 1.54) is 11.9 Å². The van der Waals surface area contributed by atoms with Gasteiger partial charge in [-0.05, 0) is 17.7 Å². The Morgan fingerprint density at radius 1 is 1.39 bits per heavy atom. The van der Waals surface area contributed by atoms with Crippen LogP contribution in [0.15, 0.2) is 35.7 Å². The van der Waals surface area contributed by atoms with Crippen LogP contribution in [0.5, 0.6) is 0 Å². The van der Waals surface area contributed by atoms with Crippen molar-refractivity contribution in [2.24, 2.45) is 0 Å². The Hall–Kier alpha value is -1.82. The number of hydrogen-bond acceptors (Lipinski definition) is 4. The minimum atomic E-state index is 0.0267. The molecule has 0 aliphatic carbocycles. The van der Waals surface area contributed by atoms with E-state index in [0.717, 1.165) is 16.6 Å². The first-order chi connectivity index (χ1) is 8.78. The number of benzene rings is 1. The quantitative estimate of drug-likeness (QED) is 0.812. The number of aromatic amines is 1. The highest BCUT2D eigenvalue weighted by atomic mass is 32.2. The predicted octanol–water partition coefficient (Wildman–Crippen LogP) is 2.45. The Labute approximate surface area is 109 Å². The SMILES string of the molecule is CCC(=O)Nc1ccc(CSc2ncn[nH]2)cc1. The number of thioether (sulfide) groups is 1. The molecule has 0 aliphatic rings. The van der Waals surface area contributed by atoms with E-state index in [0.29, 0.717) is 6.42 Å². The Morgan fingerprint density at radius 3 is 2.78 bits per heavy atom. The molecule has 0 radical (unpaired) electrons. The van der Waals surface area contributed by atoms with Crippen LogP contribution in [0.2, 0.25) is 0 Å². The second-order valence-corrected chi connectivity index (χ2v) is 4.64. The van der Waals surface area contributed by atoms with Gasteiger partial charge in [-0.2, -0.15) is 5.10 Å². The van der Waals surface area contributed by atoms with E-state index >= 15 is 0 Å². The van der Waals surface area contributed by atoms with Gasteiger partial charge in [0, 0.05) is 17.9 Å². The zero-order chi connectivity index (χ0) is 12.8. The monoisotopic (exact) mass is 262 g/mol. The van der Waals surface area contributed by atoms with Crippen LogP contribution in [0.3, 0.4) is 0 Å². The minimum absolute atomic E-state index is 0.0267. The van der Waals surface area contributed by atoms with Crippen molar-refractivity contribution in [3.8, 4) is 0 Å². The predicted molar refractivity (Wildman–Crippen MR) is 71.3 cm³/mol. The summed E-state index contributed by atoms with van der Waals surface area (Å²) in [5, 5.41) is 10.2. The molecule has 0 unspecified atom stereocenters. The summed E-state index contributed by atoms with van der Waals surface area (Å²) in [6, 6.07) is 7.80. The van der Waals surface area contributed by atoms with Gasteiger partial charge in [0.15, 0.2) is 5.16 Å². The molecule has 94 valence electrons. The minimum Gasteiger partial charge on any atom is -0.326 e. The highest BCUT2D eigenvalue weighted by Crippen LogP contribution is 2.19. The van der Waals surface area contributed by atoms with Gasteiger partial charge in [-0.3, -0.25) is 9.89 Å². The van der Waals surface area contributed by atoms with E-state index in [1.807, 2.05) is 31.2 Å². The number of H-pyrrole nitrogens is 1. The first-order valence-corrected chi connectivity index (χ1v) is 6.63. The molecule has 5 nitrogen and oxygen atoms in total. The number of amides is 1. The van der Waals surface area contributed by atoms with Gasteiger partial charge in [0.05, 0.1) is 0 Å². The molecule has 0 saturated carbocycles. The summed E-state index contributed by atoms with van der Waals surface area (Å²) in [5.74, 6) is 0.843. The molecule has 18 heavy (non-hydrogen) atoms. The van der Waals surface area contributed by atoms with Crippen LogP contribution in [-0.2, 0) is 10.5 Å². The van der Waals surface area contributed by atoms with Crippen molar-refractivity contribution in [3.05, 3.63) is 36.2 Å². The second-order valence-electron chi connectivity index (χ2n) is 3.68. The Morgan fingerprint density at radius 2 is 2.17 bits per heavy atom. The molecule has 1 amide bonds. The fourth-order valence-electron chi connectivity index (χ4n) is 1.35. The van der Waals surface area contributed by atoms with Crippen molar-refractivity contribution in [1.29, 1.82) is 0 Å². The van der Waals surface area contributed by atoms with Crippen molar-refractivity contribution in [1.82, 2.24) is 15.2 Å². The molecule has 2 N–H and O–H groups in total. The van der Waals surface area contributed by atoms with Crippen molar-refractivity contribution < 1.29 is 4.79 Å². The van der Waals surface area contributed by atoms with Gasteiger partial charge in [0.25, 0.3) is 0 Å². The first-order valence-electron chi connectivity index (χ1n) is 5.65. The van der Waals surface area contributed by atoms with E-state index in [2.05, 4.69) is 20.5 Å². The van der Waals surface area contributed by atoms with Gasteiger partial charge >= 0.3 is 0 Å². The van der Waals surface area contributed by atoms with Crippen LogP contribution in [0.4, 0.5) is 5.69 Å². The summed E-state index contributed by atoms with van der Waals surface area (Å²) in [4.78, 5) is 15.3. The molecule has 0 aliphatic heterocycles. The highest BCUT2D eigenvalue weighted by Gasteiger charge is 2.01. The molecule has 0 saturated heterocycles. The smallest absolute Gasteiger partial charge is 0.224 e. The van der Waals surface area contributed by atoms with E-state index in [9.17, 15) is 4.79 Å². The third-order valence-electron chi connectivity index (χ3n) is 2.33. The normalized spacial score (nSPS) is 10.3. The van der Waals surface area contributed by atoms with Crippen molar-refractivity contribution in [3.63, 3.8) is 0 Å². The third kappa shape index (κ3) is 3.59. The van der Waals surface area contributed by atoms with Crippen LogP contribution in [-0.4, -0.2) is 21.1 Å². The van der Waals surface area contributed by atoms with Crippen LogP contribution >= 0.6 is 11.8 Å². The average molecular weight is 262 g/mol. The molecule has 0 bridgehead atoms. The van der Waals surface area contributed by atoms with Crippen molar-refractivity contribution in [2.75, 3.05) is 5.32 Å². The standard InChI is InChI=1S/C12H14N4OS/c1-2-11(17)15-10-5-3-9(4-6-10)7-18-12-13-8-14-16-12/h3-6,8H,2,7H2,1H3,(H,15,17)(H,13,14,16). The zero-order valence-corrected chi connectivity index (χ0v) is 10.8. The van der Waals surface area contributed by atoms with E-state index < -0.39 is 0 Å². The number of aromatic nitrogens is 3. The maximum Gasteiger partial charge on any atom is 0.224 e. The number of hydrogen-bond donors (Lipinski definition) is 2. The molecule has 1 aromatic heterocycles. The topological polar surface area (TPSA) is 70.7 Å². The number of carbonyl (C=O) groups is 1. The van der Waals surface area contributed by atoms with Gasteiger partial charge in [-0.25, -0.2) is 4.98 Å². The summed E-state index contributed by atoms with van der Waals surface area (Å²) in [7, 11) is 0. The molecule has 0 spiro atoms. The lowest BCUT2D eigenvalue weighted by Crippen LogP contribution is -2.09. The number of rotatable bonds is 5. The number of anilines is 1. The Bertz CT molecular complexity index is 495. The van der Waals surface area contributed by atoms with E-state index in [-0.39, 0.29) is 5.91 Å². The molecule has 2 aromatic rings. The van der Waals surface area contributed by atoms with Gasteiger partial charge in [-0.15, -0.1) is 0 Å². The third-order valence-corrected chi connectivity index (χ3v) is 3.28. The van der Waals surface area contributed by atoms with Gasteiger partial charge < -0.3 is 5.32 Å². The fraction of sp³-hybridized carbons (Fsp3) is 0.250. The van der Waals surface area contributed by atoms with E-state index in [4.69, 9.17) is 0 Å². The van der Waals surface area contributed by atoms with Crippen LogP contribution < -0.4 is 5.32 Å². The summed E-state index contributed by atoms with van der Waals surface area (Å²) in [6.07, 6.45) is 1.98. The van der Waals surface area contributed by atoms with Crippen LogP contribution in [0, 0.1) is 0 Å². The largest absolute Gasteiger partial charge is 0.326 e. The first kappa shape index (κ1) is 12.6. The molecule has 0 atom stereocenters. The molecular weight excluding hydrogens is 248 g/mol. The van der Waals surface area contributed by atoms with Crippen LogP contribution in [0.1, 0.15) is 18.9 Å². The second kappa shape index (κ2) is 6.20. The Kier molecular flexibility index (Phi) is 4.35. The fourth-order valence-corrected chi connectivity index (χ4v) is 2.08. The molecule has 1 aromatic carbocycles. The zero-order valence-electron chi connectivity index (χ0n) is 10.0. The molecule has 1 heterocycles. The van der Waals surface area contributed by atoms with E-state index in [1.54, 1.807) is 11.8 Å². The van der Waals surface area contributed by atoms with Crippen LogP contribution in [0.25, 0.3) is 0 Å². The van der Waals surface area contributed by atoms with Crippen molar-refractivity contribution >= 4 is 23.4 Å². The lowest BCUT2D eigenvalue weighted by molar-refractivity contribution is -0.115. The van der Waals surface area contributed by atoms with Gasteiger partial charge in [-0.1, -0.05) is 30.8 Å². The molecule has 2 rings (SSSR count). The maximum absolute atomic E-state index is 11.2. The number of nitrogens with one attached hydrogen (secondary N) is 2. The summed E-state index contributed by atoms with van der Waals surface area (Å²) in [5.41, 5.74) is 2.00. The van der Waals surface area contributed by atoms with Gasteiger partial charge in [0.2, 0.25) is 5.91 Å². The lowest BCUT2D eigenvalue weighted by atomic mass is 10.2. The average Bonchev–Trinajstić information content (AvgIpc) is 2.91. The summed E-state index contributed by atoms with van der Waals surface area (Å²) in [6.45, 7) is 1.83. The lowest BCUT2D eigenvalue weighted by Gasteiger charge is -2.04. The molecular formula is C12H14N4OS. The van der Waals surface area contributed by atoms with Crippen molar-refractivity contribution in [2.45, 2.75) is 24.3 Å².